The zero-order valence-corrected chi connectivity index (χ0v) is 53.9. The Morgan fingerprint density at radius 3 is 0.807 bits per heavy atom. The second kappa shape index (κ2) is 69.8. The molecule has 0 aliphatic rings. The molecule has 0 rings (SSSR count). The number of ether oxygens (including phenoxy) is 3. The van der Waals surface area contributed by atoms with Crippen LogP contribution < -0.4 is 0 Å². The lowest BCUT2D eigenvalue weighted by atomic mass is 10.0. The molecule has 470 valence electrons. The van der Waals surface area contributed by atoms with E-state index >= 15 is 0 Å². The van der Waals surface area contributed by atoms with Crippen LogP contribution >= 0.6 is 0 Å². The van der Waals surface area contributed by atoms with E-state index in [9.17, 15) is 14.4 Å². The van der Waals surface area contributed by atoms with Crippen molar-refractivity contribution in [3.63, 3.8) is 0 Å². The molecular weight excluding hydrogens is 1020 g/mol. The van der Waals surface area contributed by atoms with Gasteiger partial charge in [0.2, 0.25) is 0 Å². The third-order valence-electron chi connectivity index (χ3n) is 14.4. The maximum Gasteiger partial charge on any atom is 0.306 e. The summed E-state index contributed by atoms with van der Waals surface area (Å²) in [5.74, 6) is -1.04. The maximum absolute atomic E-state index is 12.9. The highest BCUT2D eigenvalue weighted by Gasteiger charge is 2.19. The number of rotatable bonds is 61. The molecule has 0 amide bonds. The Balaban J connectivity index is 4.42. The quantitative estimate of drug-likeness (QED) is 0.0261. The van der Waals surface area contributed by atoms with Gasteiger partial charge in [-0.3, -0.25) is 14.4 Å². The van der Waals surface area contributed by atoms with Crippen LogP contribution in [0.2, 0.25) is 0 Å². The lowest BCUT2D eigenvalue weighted by Crippen LogP contribution is -2.30. The first-order valence-electron chi connectivity index (χ1n) is 34.3. The predicted octanol–water partition coefficient (Wildman–Crippen LogP) is 23.9. The van der Waals surface area contributed by atoms with Gasteiger partial charge >= 0.3 is 17.9 Å². The minimum absolute atomic E-state index is 0.126. The molecule has 0 fully saturated rings. The van der Waals surface area contributed by atoms with Gasteiger partial charge in [0.05, 0.1) is 0 Å². The van der Waals surface area contributed by atoms with Gasteiger partial charge < -0.3 is 14.2 Å². The van der Waals surface area contributed by atoms with Crippen molar-refractivity contribution in [1.82, 2.24) is 0 Å². The molecule has 0 radical (unpaired) electrons. The SMILES string of the molecule is CC/C=C\C/C=C\C/C=C\C/C=C\C/C=C\C/C=C\C/C=C\C/C=C\CCCCC(=O)OCC(COC(=O)CC/C=C\C/C=C\C/C=C\C/C=C\CC)OC(=O)CCCCCCCCCCCCCCCCCCCCCCCCCCC. The topological polar surface area (TPSA) is 78.9 Å². The lowest BCUT2D eigenvalue weighted by Gasteiger charge is -2.18. The predicted molar refractivity (Wildman–Crippen MR) is 362 cm³/mol. The van der Waals surface area contributed by atoms with Crippen molar-refractivity contribution in [1.29, 1.82) is 0 Å². The molecule has 0 aliphatic carbocycles. The Morgan fingerprint density at radius 1 is 0.253 bits per heavy atom. The van der Waals surface area contributed by atoms with Gasteiger partial charge in [-0.25, -0.2) is 0 Å². The summed E-state index contributed by atoms with van der Waals surface area (Å²) in [6, 6.07) is 0. The highest BCUT2D eigenvalue weighted by molar-refractivity contribution is 5.71. The number of unbranched alkanes of at least 4 members (excludes halogenated alkanes) is 26. The van der Waals surface area contributed by atoms with Crippen LogP contribution in [-0.4, -0.2) is 37.2 Å². The molecule has 6 heteroatoms. The summed E-state index contributed by atoms with van der Waals surface area (Å²) in [5.41, 5.74) is 0. The largest absolute Gasteiger partial charge is 0.462 e. The van der Waals surface area contributed by atoms with Crippen LogP contribution in [0.15, 0.2) is 146 Å². The summed E-state index contributed by atoms with van der Waals surface area (Å²) in [6.45, 7) is 6.33. The van der Waals surface area contributed by atoms with E-state index in [2.05, 4.69) is 161 Å². The van der Waals surface area contributed by atoms with Crippen LogP contribution in [0.1, 0.15) is 303 Å². The van der Waals surface area contributed by atoms with E-state index in [0.29, 0.717) is 19.3 Å². The summed E-state index contributed by atoms with van der Waals surface area (Å²) in [7, 11) is 0. The van der Waals surface area contributed by atoms with Gasteiger partial charge in [0, 0.05) is 19.3 Å². The summed E-state index contributed by atoms with van der Waals surface area (Å²) in [4.78, 5) is 38.3. The maximum atomic E-state index is 12.9. The average Bonchev–Trinajstić information content (AvgIpc) is 3.49. The second-order valence-electron chi connectivity index (χ2n) is 22.3. The number of esters is 3. The van der Waals surface area contributed by atoms with Crippen LogP contribution in [0.5, 0.6) is 0 Å². The van der Waals surface area contributed by atoms with Crippen molar-refractivity contribution in [3.05, 3.63) is 146 Å². The van der Waals surface area contributed by atoms with E-state index in [1.54, 1.807) is 0 Å². The first-order chi connectivity index (χ1) is 41.0. The molecule has 0 aromatic carbocycles. The summed E-state index contributed by atoms with van der Waals surface area (Å²) in [6.07, 6.45) is 100. The van der Waals surface area contributed by atoms with E-state index in [1.807, 2.05) is 6.08 Å². The minimum Gasteiger partial charge on any atom is -0.462 e. The second-order valence-corrected chi connectivity index (χ2v) is 22.3. The molecule has 0 aromatic rings. The van der Waals surface area contributed by atoms with E-state index in [1.165, 1.54) is 141 Å². The fourth-order valence-electron chi connectivity index (χ4n) is 9.30. The molecule has 0 spiro atoms. The molecule has 0 saturated heterocycles. The molecule has 0 bridgehead atoms. The van der Waals surface area contributed by atoms with Crippen molar-refractivity contribution >= 4 is 17.9 Å². The normalized spacial score (nSPS) is 13.0. The van der Waals surface area contributed by atoms with E-state index in [-0.39, 0.29) is 44.0 Å². The third kappa shape index (κ3) is 68.0. The van der Waals surface area contributed by atoms with Crippen molar-refractivity contribution in [2.24, 2.45) is 0 Å². The molecule has 0 heterocycles. The first kappa shape index (κ1) is 78.3. The van der Waals surface area contributed by atoms with Gasteiger partial charge in [0.1, 0.15) is 13.2 Å². The Labute approximate surface area is 512 Å². The Morgan fingerprint density at radius 2 is 0.494 bits per heavy atom. The molecule has 0 aliphatic heterocycles. The van der Waals surface area contributed by atoms with Crippen LogP contribution in [0, 0.1) is 0 Å². The van der Waals surface area contributed by atoms with Crippen LogP contribution in [0.3, 0.4) is 0 Å². The number of hydrogen-bond donors (Lipinski definition) is 0. The van der Waals surface area contributed by atoms with Crippen molar-refractivity contribution in [2.75, 3.05) is 13.2 Å². The molecule has 1 atom stereocenters. The Hall–Kier alpha value is -4.71. The molecule has 1 unspecified atom stereocenters. The highest BCUT2D eigenvalue weighted by Crippen LogP contribution is 2.17. The Kier molecular flexibility index (Phi) is 65.8. The standard InChI is InChI=1S/C77H126O6/c1-4-7-10-13-16-19-22-25-27-29-31-33-35-37-38-40-41-43-45-47-49-52-55-58-61-64-67-70-76(79)82-73-74(72-81-75(78)69-66-63-60-57-54-51-24-21-18-15-12-9-6-3)83-77(80)71-68-65-62-59-56-53-50-48-46-44-42-39-36-34-32-30-28-26-23-20-17-14-11-8-5-2/h7,9-10,12,16,18-19,21,25,27,31,33,37-38,41,43,47,49,51,54-55,58,60,63,74H,4-6,8,11,13-15,17,20,22-24,26,28-30,32,34-36,39-40,42,44-46,48,50,52-53,56-57,59,61-62,64-73H2,1-3H3/b10-7-,12-9-,19-16-,21-18-,27-25-,33-31-,38-37-,43-41-,49-47-,54-51-,58-55-,63-60-. The Bertz CT molecular complexity index is 1800. The van der Waals surface area contributed by atoms with Crippen molar-refractivity contribution in [3.8, 4) is 0 Å². The third-order valence-corrected chi connectivity index (χ3v) is 14.4. The number of allylic oxidation sites excluding steroid dienone is 24. The fraction of sp³-hybridized carbons (Fsp3) is 0.649. The molecular formula is C77H126O6. The fourth-order valence-corrected chi connectivity index (χ4v) is 9.30. The summed E-state index contributed by atoms with van der Waals surface area (Å²) in [5, 5.41) is 0. The van der Waals surface area contributed by atoms with Gasteiger partial charge in [-0.05, 0) is 109 Å². The number of hydrogen-bond acceptors (Lipinski definition) is 6. The molecule has 0 saturated carbocycles. The lowest BCUT2D eigenvalue weighted by molar-refractivity contribution is -0.166. The summed E-state index contributed by atoms with van der Waals surface area (Å²) < 4.78 is 16.8. The highest BCUT2D eigenvalue weighted by atomic mass is 16.6. The first-order valence-corrected chi connectivity index (χ1v) is 34.3. The zero-order chi connectivity index (χ0) is 59.9. The van der Waals surface area contributed by atoms with E-state index in [4.69, 9.17) is 14.2 Å². The van der Waals surface area contributed by atoms with Gasteiger partial charge in [-0.15, -0.1) is 0 Å². The van der Waals surface area contributed by atoms with Crippen LogP contribution in [-0.2, 0) is 28.6 Å². The van der Waals surface area contributed by atoms with Gasteiger partial charge in [-0.2, -0.15) is 0 Å². The molecule has 0 aromatic heterocycles. The van der Waals surface area contributed by atoms with Crippen LogP contribution in [0.4, 0.5) is 0 Å². The number of carbonyl (C=O) groups is 3. The van der Waals surface area contributed by atoms with Crippen molar-refractivity contribution < 1.29 is 28.6 Å². The smallest absolute Gasteiger partial charge is 0.306 e. The molecule has 0 N–H and O–H groups in total. The van der Waals surface area contributed by atoms with E-state index in [0.717, 1.165) is 109 Å². The monoisotopic (exact) mass is 1150 g/mol. The van der Waals surface area contributed by atoms with Gasteiger partial charge in [0.15, 0.2) is 6.10 Å². The van der Waals surface area contributed by atoms with Gasteiger partial charge in [0.25, 0.3) is 0 Å². The van der Waals surface area contributed by atoms with Crippen molar-refractivity contribution in [2.45, 2.75) is 309 Å². The molecule has 83 heavy (non-hydrogen) atoms. The summed E-state index contributed by atoms with van der Waals surface area (Å²) >= 11 is 0. The molecule has 6 nitrogen and oxygen atoms in total. The minimum atomic E-state index is -0.831. The van der Waals surface area contributed by atoms with E-state index < -0.39 is 6.10 Å². The van der Waals surface area contributed by atoms with Gasteiger partial charge in [-0.1, -0.05) is 321 Å². The number of carbonyl (C=O) groups excluding carboxylic acids is 3. The van der Waals surface area contributed by atoms with Crippen LogP contribution in [0.25, 0.3) is 0 Å². The average molecular weight is 1150 g/mol. The zero-order valence-electron chi connectivity index (χ0n) is 53.9.